The highest BCUT2D eigenvalue weighted by Gasteiger charge is 2.22. The zero-order valence-electron chi connectivity index (χ0n) is 15.0. The third-order valence-corrected chi connectivity index (χ3v) is 5.90. The normalized spacial score (nSPS) is 17.3. The number of carbonyl (C=O) groups is 1. The maximum Gasteiger partial charge on any atom is 0.254 e. The van der Waals surface area contributed by atoms with Gasteiger partial charge in [0.25, 0.3) is 5.91 Å². The summed E-state index contributed by atoms with van der Waals surface area (Å²) in [4.78, 5) is 12.3. The highest BCUT2D eigenvalue weighted by Crippen LogP contribution is 2.30. The lowest BCUT2D eigenvalue weighted by Gasteiger charge is -2.22. The first-order valence-electron chi connectivity index (χ1n) is 8.72. The molecule has 0 saturated carbocycles. The van der Waals surface area contributed by atoms with Gasteiger partial charge in [-0.15, -0.1) is 0 Å². The number of para-hydroxylation sites is 1. The van der Waals surface area contributed by atoms with Crippen LogP contribution in [-0.4, -0.2) is 45.9 Å². The number of anilines is 1. The van der Waals surface area contributed by atoms with Gasteiger partial charge < -0.3 is 20.1 Å². The van der Waals surface area contributed by atoms with Gasteiger partial charge in [0, 0.05) is 18.8 Å². The fourth-order valence-corrected chi connectivity index (χ4v) is 3.65. The van der Waals surface area contributed by atoms with E-state index in [4.69, 9.17) is 9.47 Å². The Kier molecular flexibility index (Phi) is 6.10. The Morgan fingerprint density at radius 1 is 1.22 bits per heavy atom. The van der Waals surface area contributed by atoms with E-state index in [1.165, 1.54) is 6.07 Å². The number of nitrogens with one attached hydrogen (secondary N) is 2. The third kappa shape index (κ3) is 4.85. The summed E-state index contributed by atoms with van der Waals surface area (Å²) in [6, 6.07) is 13.3. The molecule has 0 bridgehead atoms. The summed E-state index contributed by atoms with van der Waals surface area (Å²) in [6.45, 7) is 3.32. The Morgan fingerprint density at radius 2 is 1.96 bits per heavy atom. The lowest BCUT2D eigenvalue weighted by Crippen LogP contribution is -2.45. The van der Waals surface area contributed by atoms with E-state index in [-0.39, 0.29) is 22.3 Å². The lowest BCUT2D eigenvalue weighted by atomic mass is 10.2. The molecule has 8 heteroatoms. The van der Waals surface area contributed by atoms with Gasteiger partial charge in [-0.2, -0.15) is 0 Å². The molecule has 7 nitrogen and oxygen atoms in total. The lowest BCUT2D eigenvalue weighted by molar-refractivity contribution is -0.128. The Labute approximate surface area is 158 Å². The van der Waals surface area contributed by atoms with Crippen LogP contribution in [0.5, 0.6) is 11.5 Å². The van der Waals surface area contributed by atoms with Gasteiger partial charge in [-0.3, -0.25) is 4.79 Å². The van der Waals surface area contributed by atoms with Crippen molar-refractivity contribution >= 4 is 21.4 Å². The Balaban J connectivity index is 1.69. The smallest absolute Gasteiger partial charge is 0.254 e. The number of benzene rings is 2. The second-order valence-electron chi connectivity index (χ2n) is 6.03. The molecule has 1 unspecified atom stereocenters. The molecule has 1 aliphatic heterocycles. The molecular weight excluding hydrogens is 368 g/mol. The number of carbonyl (C=O) groups excluding carboxylic acids is 1. The van der Waals surface area contributed by atoms with Gasteiger partial charge in [-0.25, -0.2) is 8.42 Å². The van der Waals surface area contributed by atoms with Gasteiger partial charge in [0.15, 0.2) is 9.84 Å². The van der Waals surface area contributed by atoms with Crippen LogP contribution in [0.25, 0.3) is 0 Å². The number of morpholine rings is 1. The first kappa shape index (κ1) is 19.3. The minimum atomic E-state index is -3.39. The largest absolute Gasteiger partial charge is 0.456 e. The molecule has 1 atom stereocenters. The standard InChI is InChI=1S/C19H22N2O5S/c1-2-27(23,24)18-6-4-3-5-16(18)26-15-9-7-14(8-10-15)21-19(22)17-13-20-11-12-25-17/h3-10,17,20H,2,11-13H2,1H3,(H,21,22). The quantitative estimate of drug-likeness (QED) is 0.785. The highest BCUT2D eigenvalue weighted by atomic mass is 32.2. The molecule has 0 radical (unpaired) electrons. The molecule has 3 rings (SSSR count). The van der Waals surface area contributed by atoms with Gasteiger partial charge in [0.1, 0.15) is 22.5 Å². The van der Waals surface area contributed by atoms with Gasteiger partial charge >= 0.3 is 0 Å². The average Bonchev–Trinajstić information content (AvgIpc) is 2.70. The molecule has 2 aromatic rings. The molecule has 0 aromatic heterocycles. The summed E-state index contributed by atoms with van der Waals surface area (Å²) in [5.74, 6) is 0.534. The summed E-state index contributed by atoms with van der Waals surface area (Å²) in [5, 5.41) is 5.90. The molecule has 1 amide bonds. The molecule has 2 N–H and O–H groups in total. The van der Waals surface area contributed by atoms with E-state index < -0.39 is 15.9 Å². The van der Waals surface area contributed by atoms with E-state index in [0.717, 1.165) is 6.54 Å². The first-order valence-corrected chi connectivity index (χ1v) is 10.4. The highest BCUT2D eigenvalue weighted by molar-refractivity contribution is 7.91. The summed E-state index contributed by atoms with van der Waals surface area (Å²) < 4.78 is 35.5. The topological polar surface area (TPSA) is 93.7 Å². The molecular formula is C19H22N2O5S. The maximum atomic E-state index is 12.2. The number of sulfone groups is 1. The van der Waals surface area contributed by atoms with Gasteiger partial charge in [-0.1, -0.05) is 19.1 Å². The fourth-order valence-electron chi connectivity index (χ4n) is 2.64. The summed E-state index contributed by atoms with van der Waals surface area (Å²) in [5.41, 5.74) is 0.607. The van der Waals surface area contributed by atoms with Crippen LogP contribution in [0.4, 0.5) is 5.69 Å². The van der Waals surface area contributed by atoms with Crippen LogP contribution in [0.2, 0.25) is 0 Å². The zero-order chi connectivity index (χ0) is 19.3. The number of rotatable bonds is 6. The minimum Gasteiger partial charge on any atom is -0.456 e. The van der Waals surface area contributed by atoms with Gasteiger partial charge in [-0.05, 0) is 36.4 Å². The van der Waals surface area contributed by atoms with E-state index in [9.17, 15) is 13.2 Å². The number of hydrogen-bond donors (Lipinski definition) is 2. The van der Waals surface area contributed by atoms with Crippen molar-refractivity contribution in [2.75, 3.05) is 30.8 Å². The first-order chi connectivity index (χ1) is 13.0. The van der Waals surface area contributed by atoms with E-state index >= 15 is 0 Å². The molecule has 1 heterocycles. The van der Waals surface area contributed by atoms with Crippen LogP contribution in [0.15, 0.2) is 53.4 Å². The van der Waals surface area contributed by atoms with E-state index in [2.05, 4.69) is 10.6 Å². The zero-order valence-corrected chi connectivity index (χ0v) is 15.8. The molecule has 0 aliphatic carbocycles. The molecule has 2 aromatic carbocycles. The number of amides is 1. The Morgan fingerprint density at radius 3 is 2.63 bits per heavy atom. The van der Waals surface area contributed by atoms with Crippen molar-refractivity contribution in [2.45, 2.75) is 17.9 Å². The van der Waals surface area contributed by atoms with Crippen LogP contribution in [0.1, 0.15) is 6.92 Å². The van der Waals surface area contributed by atoms with Gasteiger partial charge in [0.2, 0.25) is 0 Å². The summed E-state index contributed by atoms with van der Waals surface area (Å²) in [7, 11) is -3.39. The molecule has 0 spiro atoms. The van der Waals surface area contributed by atoms with Crippen LogP contribution >= 0.6 is 0 Å². The predicted molar refractivity (Wildman–Crippen MR) is 102 cm³/mol. The van der Waals surface area contributed by atoms with Crippen LogP contribution in [0.3, 0.4) is 0 Å². The fraction of sp³-hybridized carbons (Fsp3) is 0.316. The number of ether oxygens (including phenoxy) is 2. The molecule has 1 saturated heterocycles. The number of hydrogen-bond acceptors (Lipinski definition) is 6. The monoisotopic (exact) mass is 390 g/mol. The van der Waals surface area contributed by atoms with Crippen molar-refractivity contribution in [1.82, 2.24) is 5.32 Å². The molecule has 27 heavy (non-hydrogen) atoms. The van der Waals surface area contributed by atoms with Crippen molar-refractivity contribution in [1.29, 1.82) is 0 Å². The Hall–Kier alpha value is -2.42. The summed E-state index contributed by atoms with van der Waals surface area (Å²) >= 11 is 0. The molecule has 1 aliphatic rings. The third-order valence-electron chi connectivity index (χ3n) is 4.13. The van der Waals surface area contributed by atoms with Crippen molar-refractivity contribution in [2.24, 2.45) is 0 Å². The van der Waals surface area contributed by atoms with Crippen molar-refractivity contribution in [3.63, 3.8) is 0 Å². The van der Waals surface area contributed by atoms with E-state index in [0.29, 0.717) is 24.6 Å². The predicted octanol–water partition coefficient (Wildman–Crippen LogP) is 2.20. The molecule has 144 valence electrons. The second kappa shape index (κ2) is 8.51. The SMILES string of the molecule is CCS(=O)(=O)c1ccccc1Oc1ccc(NC(=O)C2CNCCO2)cc1. The van der Waals surface area contributed by atoms with Crippen molar-refractivity contribution in [3.05, 3.63) is 48.5 Å². The van der Waals surface area contributed by atoms with E-state index in [1.807, 2.05) is 0 Å². The Bertz CT molecular complexity index is 891. The van der Waals surface area contributed by atoms with E-state index in [1.54, 1.807) is 49.4 Å². The van der Waals surface area contributed by atoms with Gasteiger partial charge in [0.05, 0.1) is 12.4 Å². The van der Waals surface area contributed by atoms with Crippen molar-refractivity contribution < 1.29 is 22.7 Å². The second-order valence-corrected chi connectivity index (χ2v) is 8.28. The maximum absolute atomic E-state index is 12.2. The summed E-state index contributed by atoms with van der Waals surface area (Å²) in [6.07, 6.45) is -0.513. The average molecular weight is 390 g/mol. The van der Waals surface area contributed by atoms with Crippen molar-refractivity contribution in [3.8, 4) is 11.5 Å². The minimum absolute atomic E-state index is 0.00353. The van der Waals surface area contributed by atoms with Crippen LogP contribution in [0, 0.1) is 0 Å². The van der Waals surface area contributed by atoms with Crippen LogP contribution in [-0.2, 0) is 19.4 Å². The molecule has 1 fully saturated rings. The van der Waals surface area contributed by atoms with Crippen LogP contribution < -0.4 is 15.4 Å².